The van der Waals surface area contributed by atoms with Crippen molar-refractivity contribution >= 4 is 17.6 Å². The summed E-state index contributed by atoms with van der Waals surface area (Å²) in [6, 6.07) is 10.6. The molecule has 0 fully saturated rings. The van der Waals surface area contributed by atoms with Crippen LogP contribution in [0, 0.1) is 0 Å². The highest BCUT2D eigenvalue weighted by Gasteiger charge is 2.29. The minimum absolute atomic E-state index is 0.0188. The molecule has 2 aromatic carbocycles. The second kappa shape index (κ2) is 9.69. The van der Waals surface area contributed by atoms with Gasteiger partial charge in [-0.3, -0.25) is 4.99 Å². The average Bonchev–Trinajstić information content (AvgIpc) is 3.13. The first-order valence-corrected chi connectivity index (χ1v) is 9.74. The summed E-state index contributed by atoms with van der Waals surface area (Å²) in [5, 5.41) is 6.16. The molecule has 0 aliphatic heterocycles. The van der Waals surface area contributed by atoms with Gasteiger partial charge in [0.25, 0.3) is 0 Å². The maximum atomic E-state index is 12.7. The van der Waals surface area contributed by atoms with Crippen LogP contribution in [0.5, 0.6) is 5.75 Å². The molecule has 3 aromatic rings. The topological polar surface area (TPSA) is 38.9 Å². The van der Waals surface area contributed by atoms with E-state index in [1.807, 2.05) is 0 Å². The molecule has 0 aliphatic rings. The lowest BCUT2D eigenvalue weighted by Crippen LogP contribution is -2.12. The second-order valence-corrected chi connectivity index (χ2v) is 6.95. The van der Waals surface area contributed by atoms with Crippen molar-refractivity contribution in [1.82, 2.24) is 4.68 Å². The van der Waals surface area contributed by atoms with Crippen LogP contribution in [0.4, 0.5) is 22.0 Å². The van der Waals surface area contributed by atoms with Crippen LogP contribution in [0.3, 0.4) is 0 Å². The van der Waals surface area contributed by atoms with Crippen molar-refractivity contribution in [3.05, 3.63) is 82.5 Å². The summed E-state index contributed by atoms with van der Waals surface area (Å²) in [6.45, 7) is 1.04. The van der Waals surface area contributed by atoms with E-state index in [0.717, 1.165) is 12.1 Å². The van der Waals surface area contributed by atoms with Crippen LogP contribution in [0.1, 0.15) is 11.1 Å². The predicted molar refractivity (Wildman–Crippen MR) is 109 cm³/mol. The zero-order valence-corrected chi connectivity index (χ0v) is 16.7. The summed E-state index contributed by atoms with van der Waals surface area (Å²) in [5.74, 6) is 0.0188. The SMILES string of the molecule is C=CCN=c1scc(-c2ccc(OC(F)F)cc2)n1/N=C/c1ccc(C(F)(F)F)cc1. The number of rotatable bonds is 7. The number of halogens is 5. The lowest BCUT2D eigenvalue weighted by atomic mass is 10.1. The first kappa shape index (κ1) is 22.4. The van der Waals surface area contributed by atoms with Gasteiger partial charge in [0.05, 0.1) is 24.0 Å². The van der Waals surface area contributed by atoms with E-state index in [9.17, 15) is 22.0 Å². The zero-order chi connectivity index (χ0) is 22.4. The van der Waals surface area contributed by atoms with Crippen molar-refractivity contribution in [1.29, 1.82) is 0 Å². The standard InChI is InChI=1S/C21H16F5N3OS/c1-2-11-27-20-29(28-12-14-3-7-16(8-4-14)21(24,25)26)18(13-31-20)15-5-9-17(10-6-15)30-19(22)23/h2-10,12-13,19H,1,11H2/b27-20?,28-12+. The van der Waals surface area contributed by atoms with Gasteiger partial charge in [-0.05, 0) is 42.0 Å². The summed E-state index contributed by atoms with van der Waals surface area (Å²) in [5.41, 5.74) is 1.01. The molecular formula is C21H16F5N3OS. The van der Waals surface area contributed by atoms with Gasteiger partial charge < -0.3 is 4.74 Å². The molecule has 10 heteroatoms. The Morgan fingerprint density at radius 1 is 1.06 bits per heavy atom. The van der Waals surface area contributed by atoms with E-state index in [1.54, 1.807) is 23.6 Å². The first-order chi connectivity index (χ1) is 14.8. The fourth-order valence-corrected chi connectivity index (χ4v) is 3.40. The Hall–Kier alpha value is -3.27. The van der Waals surface area contributed by atoms with Crippen molar-refractivity contribution in [2.24, 2.45) is 10.1 Å². The van der Waals surface area contributed by atoms with Crippen LogP contribution in [0.15, 0.2) is 76.7 Å². The van der Waals surface area contributed by atoms with Crippen LogP contribution in [-0.4, -0.2) is 24.0 Å². The van der Waals surface area contributed by atoms with Gasteiger partial charge in [0, 0.05) is 10.9 Å². The van der Waals surface area contributed by atoms with Gasteiger partial charge in [-0.1, -0.05) is 18.2 Å². The highest BCUT2D eigenvalue weighted by Crippen LogP contribution is 2.29. The fraction of sp³-hybridized carbons (Fsp3) is 0.143. The third-order valence-corrected chi connectivity index (χ3v) is 4.83. The molecule has 0 spiro atoms. The molecule has 4 nitrogen and oxygen atoms in total. The minimum Gasteiger partial charge on any atom is -0.435 e. The Morgan fingerprint density at radius 2 is 1.74 bits per heavy atom. The van der Waals surface area contributed by atoms with E-state index in [4.69, 9.17) is 0 Å². The Labute approximate surface area is 178 Å². The van der Waals surface area contributed by atoms with Gasteiger partial charge in [-0.2, -0.15) is 27.1 Å². The number of alkyl halides is 5. The highest BCUT2D eigenvalue weighted by molar-refractivity contribution is 7.07. The molecule has 0 aliphatic carbocycles. The maximum Gasteiger partial charge on any atom is 0.416 e. The van der Waals surface area contributed by atoms with Crippen molar-refractivity contribution in [2.45, 2.75) is 12.8 Å². The molecule has 31 heavy (non-hydrogen) atoms. The number of aromatic nitrogens is 1. The van der Waals surface area contributed by atoms with Gasteiger partial charge in [-0.15, -0.1) is 17.9 Å². The smallest absolute Gasteiger partial charge is 0.416 e. The first-order valence-electron chi connectivity index (χ1n) is 8.86. The second-order valence-electron chi connectivity index (χ2n) is 6.11. The van der Waals surface area contributed by atoms with Crippen molar-refractivity contribution < 1.29 is 26.7 Å². The van der Waals surface area contributed by atoms with E-state index >= 15 is 0 Å². The number of hydrogen-bond acceptors (Lipinski definition) is 4. The molecule has 0 radical (unpaired) electrons. The number of benzene rings is 2. The lowest BCUT2D eigenvalue weighted by Gasteiger charge is -2.07. The van der Waals surface area contributed by atoms with E-state index in [0.29, 0.717) is 28.2 Å². The molecule has 3 rings (SSSR count). The van der Waals surface area contributed by atoms with Crippen molar-refractivity contribution in [2.75, 3.05) is 6.54 Å². The molecule has 0 atom stereocenters. The van der Waals surface area contributed by atoms with Crippen molar-refractivity contribution in [3.63, 3.8) is 0 Å². The molecule has 1 aromatic heterocycles. The van der Waals surface area contributed by atoms with Gasteiger partial charge in [0.1, 0.15) is 5.75 Å². The molecule has 1 heterocycles. The van der Waals surface area contributed by atoms with Gasteiger partial charge in [-0.25, -0.2) is 4.68 Å². The van der Waals surface area contributed by atoms with Gasteiger partial charge in [0.2, 0.25) is 4.80 Å². The summed E-state index contributed by atoms with van der Waals surface area (Å²) >= 11 is 1.30. The van der Waals surface area contributed by atoms with Crippen LogP contribution < -0.4 is 9.54 Å². The number of thiazole rings is 1. The zero-order valence-electron chi connectivity index (χ0n) is 15.9. The fourth-order valence-electron chi connectivity index (χ4n) is 2.55. The van der Waals surface area contributed by atoms with E-state index in [2.05, 4.69) is 21.4 Å². The Morgan fingerprint density at radius 3 is 2.32 bits per heavy atom. The Balaban J connectivity index is 1.95. The third kappa shape index (κ3) is 5.88. The summed E-state index contributed by atoms with van der Waals surface area (Å²) in [6.07, 6.45) is -1.39. The van der Waals surface area contributed by atoms with Crippen LogP contribution in [-0.2, 0) is 6.18 Å². The maximum absolute atomic E-state index is 12.7. The van der Waals surface area contributed by atoms with E-state index < -0.39 is 18.4 Å². The molecule has 0 amide bonds. The number of hydrogen-bond donors (Lipinski definition) is 0. The molecular weight excluding hydrogens is 437 g/mol. The normalized spacial score (nSPS) is 12.6. The minimum atomic E-state index is -4.41. The Bertz CT molecular complexity index is 1110. The average molecular weight is 453 g/mol. The third-order valence-electron chi connectivity index (χ3n) is 3.98. The largest absolute Gasteiger partial charge is 0.435 e. The van der Waals surface area contributed by atoms with Gasteiger partial charge in [0.15, 0.2) is 0 Å². The Kier molecular flexibility index (Phi) is 7.01. The summed E-state index contributed by atoms with van der Waals surface area (Å²) in [7, 11) is 0. The highest BCUT2D eigenvalue weighted by atomic mass is 32.1. The predicted octanol–water partition coefficient (Wildman–Crippen LogP) is 5.81. The van der Waals surface area contributed by atoms with Crippen LogP contribution >= 0.6 is 11.3 Å². The van der Waals surface area contributed by atoms with E-state index in [1.165, 1.54) is 46.5 Å². The molecule has 0 N–H and O–H groups in total. The monoisotopic (exact) mass is 453 g/mol. The molecule has 0 saturated heterocycles. The lowest BCUT2D eigenvalue weighted by molar-refractivity contribution is -0.137. The van der Waals surface area contributed by atoms with Crippen molar-refractivity contribution in [3.8, 4) is 17.0 Å². The molecule has 162 valence electrons. The summed E-state index contributed by atoms with van der Waals surface area (Å²) < 4.78 is 68.8. The molecule has 0 unspecified atom stereocenters. The van der Waals surface area contributed by atoms with E-state index in [-0.39, 0.29) is 5.75 Å². The van der Waals surface area contributed by atoms with Crippen LogP contribution in [0.2, 0.25) is 0 Å². The van der Waals surface area contributed by atoms with Crippen LogP contribution in [0.25, 0.3) is 11.3 Å². The molecule has 0 bridgehead atoms. The number of nitrogens with zero attached hydrogens (tertiary/aromatic N) is 3. The number of ether oxygens (including phenoxy) is 1. The molecule has 0 saturated carbocycles. The quantitative estimate of drug-likeness (QED) is 0.253. The van der Waals surface area contributed by atoms with Gasteiger partial charge >= 0.3 is 12.8 Å². The summed E-state index contributed by atoms with van der Waals surface area (Å²) in [4.78, 5) is 4.90.